The van der Waals surface area contributed by atoms with Gasteiger partial charge in [-0.2, -0.15) is 0 Å². The van der Waals surface area contributed by atoms with Crippen LogP contribution < -0.4 is 5.32 Å². The molecule has 0 atom stereocenters. The van der Waals surface area contributed by atoms with Crippen LogP contribution >= 0.6 is 0 Å². The van der Waals surface area contributed by atoms with Crippen LogP contribution in [-0.4, -0.2) is 46.7 Å². The molecule has 0 unspecified atom stereocenters. The van der Waals surface area contributed by atoms with Gasteiger partial charge in [0.2, 0.25) is 0 Å². The maximum Gasteiger partial charge on any atom is 0.408 e. The fraction of sp³-hybridized carbons (Fsp3) is 0.889. The Hall–Kier alpha value is -0.910. The van der Waals surface area contributed by atoms with E-state index in [4.69, 9.17) is 5.11 Å². The van der Waals surface area contributed by atoms with E-state index in [-0.39, 0.29) is 13.1 Å². The molecule has 1 rings (SSSR count). The minimum atomic E-state index is -2.67. The molecule has 1 amide bonds. The van der Waals surface area contributed by atoms with Crippen molar-refractivity contribution in [3.63, 3.8) is 0 Å². The quantitative estimate of drug-likeness (QED) is 0.742. The van der Waals surface area contributed by atoms with E-state index in [0.717, 1.165) is 4.90 Å². The van der Waals surface area contributed by atoms with Gasteiger partial charge in [-0.25, -0.2) is 13.6 Å². The number of carbonyl (C=O) groups is 1. The fourth-order valence-electron chi connectivity index (χ4n) is 1.94. The zero-order valence-corrected chi connectivity index (χ0v) is 9.05. The molecule has 2 N–H and O–H groups in total. The normalized spacial score (nSPS) is 19.9. The Labute approximate surface area is 87.2 Å². The number of rotatable bonds is 2. The van der Waals surface area contributed by atoms with Crippen LogP contribution in [0.5, 0.6) is 0 Å². The highest BCUT2D eigenvalue weighted by Crippen LogP contribution is 2.34. The van der Waals surface area contributed by atoms with Gasteiger partial charge in [-0.3, -0.25) is 4.90 Å². The average Bonchev–Trinajstić information content (AvgIpc) is 1.91. The third-order valence-corrected chi connectivity index (χ3v) is 2.58. The Morgan fingerprint density at radius 2 is 1.93 bits per heavy atom. The number of amides is 1. The lowest BCUT2D eigenvalue weighted by molar-refractivity contribution is -0.103. The van der Waals surface area contributed by atoms with Crippen molar-refractivity contribution in [1.82, 2.24) is 10.2 Å². The summed E-state index contributed by atoms with van der Waals surface area (Å²) in [4.78, 5) is 11.9. The molecule has 6 heteroatoms. The van der Waals surface area contributed by atoms with Crippen LogP contribution in [0.25, 0.3) is 0 Å². The van der Waals surface area contributed by atoms with Crippen molar-refractivity contribution in [2.24, 2.45) is 0 Å². The summed E-state index contributed by atoms with van der Waals surface area (Å²) in [6.45, 7) is 4.86. The van der Waals surface area contributed by atoms with E-state index in [1.165, 1.54) is 0 Å². The zero-order valence-electron chi connectivity index (χ0n) is 9.05. The maximum atomic E-state index is 12.9. The molecule has 1 heterocycles. The molecule has 0 aromatic carbocycles. The maximum absolute atomic E-state index is 12.9. The first kappa shape index (κ1) is 12.2. The number of nitrogens with zero attached hydrogens (tertiary/aromatic N) is 1. The lowest BCUT2D eigenvalue weighted by atomic mass is 9.86. The summed E-state index contributed by atoms with van der Waals surface area (Å²) in [7, 11) is 0. The van der Waals surface area contributed by atoms with Crippen molar-refractivity contribution in [2.45, 2.75) is 38.3 Å². The second kappa shape index (κ2) is 3.59. The van der Waals surface area contributed by atoms with E-state index in [0.29, 0.717) is 0 Å². The van der Waals surface area contributed by atoms with E-state index in [1.54, 1.807) is 20.8 Å². The Morgan fingerprint density at radius 3 is 2.00 bits per heavy atom. The second-order valence-electron chi connectivity index (χ2n) is 4.80. The Bertz CT molecular complexity index is 259. The van der Waals surface area contributed by atoms with Gasteiger partial charge in [0.1, 0.15) is 5.54 Å². The fourth-order valence-corrected chi connectivity index (χ4v) is 1.94. The molecule has 0 aromatic heterocycles. The highest BCUT2D eigenvalue weighted by molar-refractivity contribution is 5.68. The van der Waals surface area contributed by atoms with Gasteiger partial charge in [0, 0.05) is 18.6 Å². The monoisotopic (exact) mass is 222 g/mol. The number of carboxylic acid groups (broad SMARTS) is 1. The molecule has 0 saturated carbocycles. The van der Waals surface area contributed by atoms with Gasteiger partial charge in [-0.05, 0) is 20.8 Å². The van der Waals surface area contributed by atoms with E-state index in [1.807, 2.05) is 0 Å². The van der Waals surface area contributed by atoms with Crippen LogP contribution in [0.1, 0.15) is 20.8 Å². The summed E-state index contributed by atoms with van der Waals surface area (Å²) in [5.41, 5.74) is -2.39. The van der Waals surface area contributed by atoms with Gasteiger partial charge < -0.3 is 10.4 Å². The number of hydrogen-bond donors (Lipinski definition) is 2. The Balaban J connectivity index is 3.03. The van der Waals surface area contributed by atoms with Crippen LogP contribution in [-0.2, 0) is 0 Å². The summed E-state index contributed by atoms with van der Waals surface area (Å²) in [5, 5.41) is 11.7. The van der Waals surface area contributed by atoms with E-state index in [2.05, 4.69) is 5.32 Å². The number of nitrogens with one attached hydrogen (secondary N) is 1. The SMILES string of the molecule is CC(C)(C)N(C(=O)O)C1(C(F)F)CNC1. The first-order valence-electron chi connectivity index (χ1n) is 4.74. The first-order chi connectivity index (χ1) is 6.72. The van der Waals surface area contributed by atoms with Crippen molar-refractivity contribution >= 4 is 6.09 Å². The predicted molar refractivity (Wildman–Crippen MR) is 51.2 cm³/mol. The van der Waals surface area contributed by atoms with Crippen molar-refractivity contribution in [3.05, 3.63) is 0 Å². The van der Waals surface area contributed by atoms with E-state index in [9.17, 15) is 13.6 Å². The molecule has 0 aromatic rings. The molecule has 1 aliphatic rings. The summed E-state index contributed by atoms with van der Waals surface area (Å²) in [6, 6.07) is 0. The standard InChI is InChI=1S/C9H16F2N2O2/c1-8(2,3)13(7(14)15)9(6(10)11)4-12-5-9/h6,12H,4-5H2,1-3H3,(H,14,15). The van der Waals surface area contributed by atoms with Crippen LogP contribution in [0.2, 0.25) is 0 Å². The molecule has 88 valence electrons. The van der Waals surface area contributed by atoms with Crippen LogP contribution in [0.15, 0.2) is 0 Å². The van der Waals surface area contributed by atoms with E-state index < -0.39 is 23.6 Å². The lowest BCUT2D eigenvalue weighted by Crippen LogP contribution is -2.76. The van der Waals surface area contributed by atoms with Crippen LogP contribution in [0.4, 0.5) is 13.6 Å². The molecule has 1 aliphatic heterocycles. The van der Waals surface area contributed by atoms with Gasteiger partial charge in [0.25, 0.3) is 6.43 Å². The Morgan fingerprint density at radius 1 is 1.47 bits per heavy atom. The van der Waals surface area contributed by atoms with Crippen LogP contribution in [0, 0.1) is 0 Å². The zero-order chi connectivity index (χ0) is 11.9. The largest absolute Gasteiger partial charge is 0.465 e. The Kier molecular flexibility index (Phi) is 2.91. The minimum Gasteiger partial charge on any atom is -0.465 e. The van der Waals surface area contributed by atoms with Gasteiger partial charge in [-0.15, -0.1) is 0 Å². The first-order valence-corrected chi connectivity index (χ1v) is 4.74. The average molecular weight is 222 g/mol. The molecular formula is C9H16F2N2O2. The number of halogens is 2. The smallest absolute Gasteiger partial charge is 0.408 e. The molecule has 0 aliphatic carbocycles. The topological polar surface area (TPSA) is 52.6 Å². The summed E-state index contributed by atoms with van der Waals surface area (Å²) in [5.74, 6) is 0. The van der Waals surface area contributed by atoms with Gasteiger partial charge in [0.15, 0.2) is 0 Å². The van der Waals surface area contributed by atoms with Crippen molar-refractivity contribution < 1.29 is 18.7 Å². The highest BCUT2D eigenvalue weighted by Gasteiger charge is 2.55. The van der Waals surface area contributed by atoms with Gasteiger partial charge >= 0.3 is 6.09 Å². The number of alkyl halides is 2. The summed E-state index contributed by atoms with van der Waals surface area (Å²) >= 11 is 0. The van der Waals surface area contributed by atoms with Crippen molar-refractivity contribution in [3.8, 4) is 0 Å². The third-order valence-electron chi connectivity index (χ3n) is 2.58. The summed E-state index contributed by atoms with van der Waals surface area (Å²) < 4.78 is 25.9. The molecule has 0 spiro atoms. The molecule has 1 fully saturated rings. The molecule has 0 radical (unpaired) electrons. The van der Waals surface area contributed by atoms with Crippen molar-refractivity contribution in [2.75, 3.05) is 13.1 Å². The molecule has 15 heavy (non-hydrogen) atoms. The van der Waals surface area contributed by atoms with Gasteiger partial charge in [-0.1, -0.05) is 0 Å². The summed E-state index contributed by atoms with van der Waals surface area (Å²) in [6.07, 6.45) is -3.97. The van der Waals surface area contributed by atoms with E-state index >= 15 is 0 Å². The van der Waals surface area contributed by atoms with Crippen molar-refractivity contribution in [1.29, 1.82) is 0 Å². The second-order valence-corrected chi connectivity index (χ2v) is 4.80. The minimum absolute atomic E-state index is 0.00817. The lowest BCUT2D eigenvalue weighted by Gasteiger charge is -2.53. The molecule has 0 bridgehead atoms. The molecule has 1 saturated heterocycles. The number of hydrogen-bond acceptors (Lipinski definition) is 2. The molecule has 4 nitrogen and oxygen atoms in total. The van der Waals surface area contributed by atoms with Crippen LogP contribution in [0.3, 0.4) is 0 Å². The highest BCUT2D eigenvalue weighted by atomic mass is 19.3. The third kappa shape index (κ3) is 1.90. The predicted octanol–water partition coefficient (Wildman–Crippen LogP) is 1.37. The molecular weight excluding hydrogens is 206 g/mol. The van der Waals surface area contributed by atoms with Gasteiger partial charge in [0.05, 0.1) is 0 Å².